The zero-order valence-corrected chi connectivity index (χ0v) is 18.0. The average molecular weight is 451 g/mol. The Morgan fingerprint density at radius 1 is 1.29 bits per heavy atom. The van der Waals surface area contributed by atoms with Gasteiger partial charge in [0.2, 0.25) is 5.95 Å². The van der Waals surface area contributed by atoms with E-state index in [0.717, 1.165) is 6.21 Å². The van der Waals surface area contributed by atoms with Crippen LogP contribution >= 0.6 is 11.6 Å². The molecule has 12 heteroatoms. The van der Waals surface area contributed by atoms with E-state index in [4.69, 9.17) is 17.0 Å². The molecule has 0 fully saturated rings. The van der Waals surface area contributed by atoms with Crippen molar-refractivity contribution in [3.05, 3.63) is 28.7 Å². The number of nitrogens with zero attached hydrogens (tertiary/aromatic N) is 4. The molecule has 0 saturated heterocycles. The molecular formula is C19H24ClFN8O2. The number of halogens is 2. The first-order chi connectivity index (χ1) is 14.7. The highest BCUT2D eigenvalue weighted by atomic mass is 35.5. The summed E-state index contributed by atoms with van der Waals surface area (Å²) in [6.45, 7) is 5.27. The van der Waals surface area contributed by atoms with E-state index in [-0.39, 0.29) is 28.9 Å². The summed E-state index contributed by atoms with van der Waals surface area (Å²) in [6, 6.07) is 2.70. The molecule has 0 aliphatic rings. The van der Waals surface area contributed by atoms with Gasteiger partial charge in [-0.3, -0.25) is 0 Å². The molecule has 0 unspecified atom stereocenters. The van der Waals surface area contributed by atoms with Crippen LogP contribution in [0.25, 0.3) is 11.0 Å². The molecule has 0 aliphatic carbocycles. The summed E-state index contributed by atoms with van der Waals surface area (Å²) in [6.07, 6.45) is 0.997. The lowest BCUT2D eigenvalue weighted by Gasteiger charge is -2.21. The van der Waals surface area contributed by atoms with Gasteiger partial charge in [0.1, 0.15) is 23.8 Å². The van der Waals surface area contributed by atoms with E-state index in [9.17, 15) is 14.6 Å². The minimum Gasteiger partial charge on any atom is -0.389 e. The lowest BCUT2D eigenvalue weighted by atomic mass is 10.1. The maximum absolute atomic E-state index is 14.4. The summed E-state index contributed by atoms with van der Waals surface area (Å²) in [5.74, 6) is -0.0143. The second-order valence-corrected chi connectivity index (χ2v) is 7.73. The molecule has 0 atom stereocenters. The van der Waals surface area contributed by atoms with E-state index < -0.39 is 18.1 Å². The maximum atomic E-state index is 14.4. The predicted octanol–water partition coefficient (Wildman–Crippen LogP) is 2.92. The first-order valence-electron chi connectivity index (χ1n) is 9.53. The van der Waals surface area contributed by atoms with Crippen LogP contribution in [-0.2, 0) is 6.73 Å². The normalized spacial score (nSPS) is 11.6. The van der Waals surface area contributed by atoms with Gasteiger partial charge in [-0.2, -0.15) is 15.1 Å². The summed E-state index contributed by atoms with van der Waals surface area (Å²) >= 11 is 6.18. The Morgan fingerprint density at radius 3 is 2.65 bits per heavy atom. The molecule has 0 spiro atoms. The highest BCUT2D eigenvalue weighted by Gasteiger charge is 2.20. The summed E-state index contributed by atoms with van der Waals surface area (Å²) < 4.78 is 15.7. The van der Waals surface area contributed by atoms with Crippen molar-refractivity contribution in [3.63, 3.8) is 0 Å². The number of anilines is 4. The summed E-state index contributed by atoms with van der Waals surface area (Å²) in [7, 11) is 0. The van der Waals surface area contributed by atoms with Crippen LogP contribution < -0.4 is 16.0 Å². The number of hydrogen-bond acceptors (Lipinski definition) is 9. The zero-order chi connectivity index (χ0) is 22.8. The first kappa shape index (κ1) is 22.7. The summed E-state index contributed by atoms with van der Waals surface area (Å²) in [4.78, 5) is 8.81. The van der Waals surface area contributed by atoms with Gasteiger partial charge in [-0.05, 0) is 32.9 Å². The van der Waals surface area contributed by atoms with Crippen LogP contribution in [0.15, 0.2) is 12.1 Å². The van der Waals surface area contributed by atoms with Crippen molar-refractivity contribution >= 4 is 52.0 Å². The number of aromatic nitrogens is 4. The van der Waals surface area contributed by atoms with Gasteiger partial charge in [0.25, 0.3) is 0 Å². The fourth-order valence-corrected chi connectivity index (χ4v) is 3.20. The Hall–Kier alpha value is -3.02. The molecule has 0 radical (unpaired) electrons. The standard InChI is InChI=1S/C19H24ClFN8O2/c1-4-23-16-13-15(20)28-29(9-30)17(13)27-18(26-16)25-12-6-5-11(21)14(10(12)7-22)24-8-19(2,3)31/h5-7,22,24,30-31H,4,8-9H2,1-3H3,(H2,23,25,26,27). The molecule has 3 aromatic rings. The number of aliphatic hydroxyl groups excluding tert-OH is 1. The van der Waals surface area contributed by atoms with Crippen molar-refractivity contribution in [1.82, 2.24) is 19.7 Å². The van der Waals surface area contributed by atoms with Crippen molar-refractivity contribution in [2.24, 2.45) is 0 Å². The van der Waals surface area contributed by atoms with Crippen LogP contribution in [0.1, 0.15) is 26.3 Å². The minimum absolute atomic E-state index is 0.0681. The molecule has 3 rings (SSSR count). The van der Waals surface area contributed by atoms with E-state index in [2.05, 4.69) is 31.0 Å². The van der Waals surface area contributed by atoms with E-state index in [1.165, 1.54) is 16.8 Å². The van der Waals surface area contributed by atoms with Crippen molar-refractivity contribution < 1.29 is 14.6 Å². The molecule has 2 aromatic heterocycles. The molecule has 1 aromatic carbocycles. The Labute approximate surface area is 183 Å². The topological polar surface area (TPSA) is 144 Å². The smallest absolute Gasteiger partial charge is 0.231 e. The van der Waals surface area contributed by atoms with Crippen LogP contribution in [0.3, 0.4) is 0 Å². The van der Waals surface area contributed by atoms with Gasteiger partial charge in [0.05, 0.1) is 17.0 Å². The van der Waals surface area contributed by atoms with E-state index >= 15 is 0 Å². The zero-order valence-electron chi connectivity index (χ0n) is 17.3. The van der Waals surface area contributed by atoms with Crippen molar-refractivity contribution in [1.29, 1.82) is 5.41 Å². The van der Waals surface area contributed by atoms with Gasteiger partial charge in [-0.1, -0.05) is 11.6 Å². The maximum Gasteiger partial charge on any atom is 0.231 e. The molecule has 2 heterocycles. The molecule has 0 saturated carbocycles. The molecule has 6 N–H and O–H groups in total. The first-order valence-corrected chi connectivity index (χ1v) is 9.91. The number of rotatable bonds is 9. The molecule has 0 amide bonds. The Kier molecular flexibility index (Phi) is 6.58. The summed E-state index contributed by atoms with van der Waals surface area (Å²) in [5.41, 5.74) is -0.103. The Balaban J connectivity index is 2.06. The second-order valence-electron chi connectivity index (χ2n) is 7.38. The van der Waals surface area contributed by atoms with E-state index in [1.54, 1.807) is 13.8 Å². The molecule has 0 bridgehead atoms. The molecule has 31 heavy (non-hydrogen) atoms. The lowest BCUT2D eigenvalue weighted by molar-refractivity contribution is 0.0944. The fraction of sp³-hybridized carbons (Fsp3) is 0.368. The Morgan fingerprint density at radius 2 is 2.03 bits per heavy atom. The van der Waals surface area contributed by atoms with Gasteiger partial charge in [0, 0.05) is 24.9 Å². The molecule has 10 nitrogen and oxygen atoms in total. The van der Waals surface area contributed by atoms with Crippen LogP contribution in [0, 0.1) is 11.2 Å². The van der Waals surface area contributed by atoms with Gasteiger partial charge >= 0.3 is 0 Å². The number of benzene rings is 1. The van der Waals surface area contributed by atoms with Crippen LogP contribution in [0.5, 0.6) is 0 Å². The van der Waals surface area contributed by atoms with Gasteiger partial charge in [-0.15, -0.1) is 0 Å². The van der Waals surface area contributed by atoms with Gasteiger partial charge in [-0.25, -0.2) is 9.07 Å². The van der Waals surface area contributed by atoms with Crippen LogP contribution in [0.4, 0.5) is 27.5 Å². The van der Waals surface area contributed by atoms with Gasteiger partial charge in [0.15, 0.2) is 10.8 Å². The number of nitrogens with one attached hydrogen (secondary N) is 4. The van der Waals surface area contributed by atoms with E-state index in [1.807, 2.05) is 6.92 Å². The van der Waals surface area contributed by atoms with Gasteiger partial charge < -0.3 is 31.6 Å². The number of aliphatic hydroxyl groups is 2. The van der Waals surface area contributed by atoms with Crippen LogP contribution in [-0.4, -0.2) is 54.9 Å². The Bertz CT molecular complexity index is 1110. The molecule has 0 aliphatic heterocycles. The number of hydrogen-bond donors (Lipinski definition) is 6. The third kappa shape index (κ3) is 4.84. The van der Waals surface area contributed by atoms with E-state index in [0.29, 0.717) is 29.1 Å². The SMILES string of the molecule is CCNc1nc(Nc2ccc(F)c(NCC(C)(C)O)c2C=N)nc2c1c(Cl)nn2CO. The average Bonchev–Trinajstić information content (AvgIpc) is 3.03. The van der Waals surface area contributed by atoms with Crippen LogP contribution in [0.2, 0.25) is 5.15 Å². The van der Waals surface area contributed by atoms with Crippen molar-refractivity contribution in [2.45, 2.75) is 33.1 Å². The highest BCUT2D eigenvalue weighted by Crippen LogP contribution is 2.32. The fourth-order valence-electron chi connectivity index (χ4n) is 2.94. The quantitative estimate of drug-likeness (QED) is 0.273. The molecule has 166 valence electrons. The second kappa shape index (κ2) is 9.00. The van der Waals surface area contributed by atoms with Crippen molar-refractivity contribution in [3.8, 4) is 0 Å². The minimum atomic E-state index is -1.08. The predicted molar refractivity (Wildman–Crippen MR) is 119 cm³/mol. The summed E-state index contributed by atoms with van der Waals surface area (Å²) in [5, 5.41) is 40.9. The third-order valence-corrected chi connectivity index (χ3v) is 4.58. The number of fused-ring (bicyclic) bond motifs is 1. The highest BCUT2D eigenvalue weighted by molar-refractivity contribution is 6.35. The largest absolute Gasteiger partial charge is 0.389 e. The lowest BCUT2D eigenvalue weighted by Crippen LogP contribution is -2.30. The third-order valence-electron chi connectivity index (χ3n) is 4.31. The van der Waals surface area contributed by atoms with Crippen molar-refractivity contribution in [2.75, 3.05) is 29.0 Å². The molecular weight excluding hydrogens is 427 g/mol. The monoisotopic (exact) mass is 450 g/mol.